The number of nitro benzene ring substituents is 1. The van der Waals surface area contributed by atoms with E-state index in [1.54, 1.807) is 0 Å². The van der Waals surface area contributed by atoms with Gasteiger partial charge in [0.25, 0.3) is 5.69 Å². The molecule has 70 valence electrons. The number of nitrogens with one attached hydrogen (secondary N) is 1. The third kappa shape index (κ3) is 1.11. The minimum atomic E-state index is -0.627. The lowest BCUT2D eigenvalue weighted by atomic mass is 10.2. The maximum Gasteiger partial charge on any atom is 0.282 e. The number of H-pyrrole nitrogens is 1. The molecular formula is C7H4N4O3. The summed E-state index contributed by atoms with van der Waals surface area (Å²) >= 11 is 0. The Kier molecular flexibility index (Phi) is 1.70. The number of aromatic nitrogens is 3. The van der Waals surface area contributed by atoms with Gasteiger partial charge in [0.2, 0.25) is 0 Å². The molecule has 0 atom stereocenters. The fraction of sp³-hybridized carbons (Fsp3) is 0. The van der Waals surface area contributed by atoms with Gasteiger partial charge in [-0.25, -0.2) is 0 Å². The molecule has 0 fully saturated rings. The molecule has 1 N–H and O–H groups in total. The predicted molar refractivity (Wildman–Crippen MR) is 45.9 cm³/mol. The monoisotopic (exact) mass is 192 g/mol. The van der Waals surface area contributed by atoms with Crippen molar-refractivity contribution in [3.63, 3.8) is 0 Å². The molecule has 0 aliphatic heterocycles. The van der Waals surface area contributed by atoms with E-state index in [1.807, 2.05) is 0 Å². The van der Waals surface area contributed by atoms with Crippen molar-refractivity contribution in [2.75, 3.05) is 0 Å². The fourth-order valence-corrected chi connectivity index (χ4v) is 1.15. The van der Waals surface area contributed by atoms with E-state index in [0.717, 1.165) is 0 Å². The van der Waals surface area contributed by atoms with Crippen molar-refractivity contribution in [3.8, 4) is 0 Å². The lowest BCUT2D eigenvalue weighted by molar-refractivity contribution is -0.384. The Hall–Kier alpha value is -2.31. The van der Waals surface area contributed by atoms with Crippen molar-refractivity contribution in [3.05, 3.63) is 27.8 Å². The molecular weight excluding hydrogens is 188 g/mol. The summed E-state index contributed by atoms with van der Waals surface area (Å²) in [6.07, 6.45) is 0.423. The predicted octanol–water partition coefficient (Wildman–Crippen LogP) is 0.679. The lowest BCUT2D eigenvalue weighted by Crippen LogP contribution is -1.94. The van der Waals surface area contributed by atoms with Crippen LogP contribution in [0.25, 0.3) is 11.0 Å². The van der Waals surface area contributed by atoms with Gasteiger partial charge in [-0.15, -0.1) is 0 Å². The first-order valence-corrected chi connectivity index (χ1v) is 3.66. The second kappa shape index (κ2) is 2.87. The molecule has 0 saturated heterocycles. The summed E-state index contributed by atoms with van der Waals surface area (Å²) in [6, 6.07) is 2.53. The molecule has 1 aromatic heterocycles. The van der Waals surface area contributed by atoms with Crippen LogP contribution in [0.2, 0.25) is 0 Å². The van der Waals surface area contributed by atoms with Crippen LogP contribution in [-0.4, -0.2) is 26.6 Å². The number of aldehydes is 1. The quantitative estimate of drug-likeness (QED) is 0.428. The van der Waals surface area contributed by atoms with E-state index in [9.17, 15) is 14.9 Å². The van der Waals surface area contributed by atoms with Crippen LogP contribution in [0.3, 0.4) is 0 Å². The van der Waals surface area contributed by atoms with E-state index in [2.05, 4.69) is 15.4 Å². The first-order valence-electron chi connectivity index (χ1n) is 3.66. The Bertz CT molecular complexity index is 519. The normalized spacial score (nSPS) is 10.3. The third-order valence-electron chi connectivity index (χ3n) is 1.79. The van der Waals surface area contributed by atoms with Crippen LogP contribution in [0.15, 0.2) is 12.1 Å². The van der Waals surface area contributed by atoms with E-state index in [0.29, 0.717) is 17.3 Å². The van der Waals surface area contributed by atoms with Crippen molar-refractivity contribution in [1.82, 2.24) is 15.4 Å². The van der Waals surface area contributed by atoms with Crippen molar-refractivity contribution in [1.29, 1.82) is 0 Å². The first kappa shape index (κ1) is 8.30. The van der Waals surface area contributed by atoms with Crippen LogP contribution >= 0.6 is 0 Å². The van der Waals surface area contributed by atoms with E-state index < -0.39 is 4.92 Å². The zero-order chi connectivity index (χ0) is 10.1. The Morgan fingerprint density at radius 1 is 1.36 bits per heavy atom. The van der Waals surface area contributed by atoms with Crippen molar-refractivity contribution < 1.29 is 9.72 Å². The van der Waals surface area contributed by atoms with Crippen molar-refractivity contribution in [2.24, 2.45) is 0 Å². The van der Waals surface area contributed by atoms with E-state index in [1.165, 1.54) is 12.1 Å². The van der Waals surface area contributed by atoms with Gasteiger partial charge in [0, 0.05) is 6.07 Å². The number of rotatable bonds is 2. The van der Waals surface area contributed by atoms with Crippen LogP contribution < -0.4 is 0 Å². The van der Waals surface area contributed by atoms with Gasteiger partial charge >= 0.3 is 0 Å². The van der Waals surface area contributed by atoms with Crippen LogP contribution in [-0.2, 0) is 0 Å². The second-order valence-corrected chi connectivity index (χ2v) is 2.60. The van der Waals surface area contributed by atoms with E-state index in [4.69, 9.17) is 0 Å². The van der Waals surface area contributed by atoms with Crippen LogP contribution in [0.5, 0.6) is 0 Å². The summed E-state index contributed by atoms with van der Waals surface area (Å²) in [6.45, 7) is 0. The van der Waals surface area contributed by atoms with E-state index >= 15 is 0 Å². The zero-order valence-corrected chi connectivity index (χ0v) is 6.80. The molecule has 7 heteroatoms. The van der Waals surface area contributed by atoms with Crippen LogP contribution in [0.4, 0.5) is 5.69 Å². The SMILES string of the molecule is O=Cc1cc2n[nH]nc2cc1[N+](=O)[O-]. The van der Waals surface area contributed by atoms with Crippen LogP contribution in [0, 0.1) is 10.1 Å². The molecule has 0 radical (unpaired) electrons. The summed E-state index contributed by atoms with van der Waals surface area (Å²) in [5.74, 6) is 0. The summed E-state index contributed by atoms with van der Waals surface area (Å²) in [4.78, 5) is 20.4. The highest BCUT2D eigenvalue weighted by Gasteiger charge is 2.15. The molecule has 1 aromatic carbocycles. The topological polar surface area (TPSA) is 102 Å². The maximum atomic E-state index is 10.5. The number of carbonyl (C=O) groups excluding carboxylic acids is 1. The average molecular weight is 192 g/mol. The summed E-state index contributed by atoms with van der Waals surface area (Å²) in [5.41, 5.74) is 0.526. The molecule has 1 heterocycles. The molecule has 0 saturated carbocycles. The molecule has 0 aliphatic rings. The number of aromatic amines is 1. The minimum absolute atomic E-state index is 0.00333. The van der Waals surface area contributed by atoms with E-state index in [-0.39, 0.29) is 11.3 Å². The first-order chi connectivity index (χ1) is 6.72. The molecule has 0 unspecified atom stereocenters. The Balaban J connectivity index is 2.78. The molecule has 0 amide bonds. The Morgan fingerprint density at radius 3 is 2.57 bits per heavy atom. The van der Waals surface area contributed by atoms with Gasteiger partial charge in [-0.1, -0.05) is 0 Å². The number of fused-ring (bicyclic) bond motifs is 1. The molecule has 0 bridgehead atoms. The Morgan fingerprint density at radius 2 is 2.00 bits per heavy atom. The number of hydrogen-bond acceptors (Lipinski definition) is 5. The molecule has 0 spiro atoms. The molecule has 2 aromatic rings. The second-order valence-electron chi connectivity index (χ2n) is 2.60. The zero-order valence-electron chi connectivity index (χ0n) is 6.80. The summed E-state index contributed by atoms with van der Waals surface area (Å²) in [7, 11) is 0. The molecule has 7 nitrogen and oxygen atoms in total. The smallest absolute Gasteiger partial charge is 0.282 e. The summed E-state index contributed by atoms with van der Waals surface area (Å²) < 4.78 is 0. The third-order valence-corrected chi connectivity index (χ3v) is 1.79. The van der Waals surface area contributed by atoms with Crippen LogP contribution in [0.1, 0.15) is 10.4 Å². The molecule has 0 aliphatic carbocycles. The maximum absolute atomic E-state index is 10.5. The van der Waals surface area contributed by atoms with Gasteiger partial charge in [-0.05, 0) is 6.07 Å². The summed E-state index contributed by atoms with van der Waals surface area (Å²) in [5, 5.41) is 20.2. The molecule has 14 heavy (non-hydrogen) atoms. The van der Waals surface area contributed by atoms with Gasteiger partial charge < -0.3 is 0 Å². The number of benzene rings is 1. The Labute approximate surface area is 76.9 Å². The van der Waals surface area contributed by atoms with Crippen molar-refractivity contribution >= 4 is 23.0 Å². The molecule has 2 rings (SSSR count). The van der Waals surface area contributed by atoms with Crippen molar-refractivity contribution in [2.45, 2.75) is 0 Å². The lowest BCUT2D eigenvalue weighted by Gasteiger charge is -1.93. The highest BCUT2D eigenvalue weighted by molar-refractivity contribution is 5.90. The fourth-order valence-electron chi connectivity index (χ4n) is 1.15. The van der Waals surface area contributed by atoms with Gasteiger partial charge in [-0.2, -0.15) is 15.4 Å². The number of nitro groups is 1. The number of carbonyl (C=O) groups is 1. The van der Waals surface area contributed by atoms with Gasteiger partial charge in [0.15, 0.2) is 6.29 Å². The van der Waals surface area contributed by atoms with Gasteiger partial charge in [0.05, 0.1) is 10.5 Å². The number of nitrogens with zero attached hydrogens (tertiary/aromatic N) is 3. The number of hydrogen-bond donors (Lipinski definition) is 1. The standard InChI is InChI=1S/C7H4N4O3/c12-3-4-1-5-6(9-10-8-5)2-7(4)11(13)14/h1-3H,(H,8,9,10). The van der Waals surface area contributed by atoms with Gasteiger partial charge in [-0.3, -0.25) is 14.9 Å². The average Bonchev–Trinajstić information content (AvgIpc) is 2.62. The largest absolute Gasteiger partial charge is 0.298 e. The highest BCUT2D eigenvalue weighted by atomic mass is 16.6. The highest BCUT2D eigenvalue weighted by Crippen LogP contribution is 2.21. The minimum Gasteiger partial charge on any atom is -0.298 e. The van der Waals surface area contributed by atoms with Gasteiger partial charge in [0.1, 0.15) is 11.0 Å².